The van der Waals surface area contributed by atoms with Crippen LogP contribution in [0.4, 0.5) is 0 Å². The van der Waals surface area contributed by atoms with E-state index in [9.17, 15) is 4.55 Å². The number of rotatable bonds is 4. The second kappa shape index (κ2) is 6.34. The molecule has 0 bridgehead atoms. The minimum Gasteiger partial charge on any atom is -0.612 e. The zero-order valence-electron chi connectivity index (χ0n) is 9.31. The molecule has 2 aromatic rings. The number of benzene rings is 1. The Morgan fingerprint density at radius 2 is 2.11 bits per heavy atom. The molecule has 5 heteroatoms. The summed E-state index contributed by atoms with van der Waals surface area (Å²) in [5, 5.41) is 2.73. The molecule has 0 aliphatic heterocycles. The molecule has 0 spiro atoms. The Morgan fingerprint density at radius 1 is 1.28 bits per heavy atom. The second-order valence-electron chi connectivity index (χ2n) is 3.62. The van der Waals surface area contributed by atoms with Gasteiger partial charge in [-0.2, -0.15) is 0 Å². The smallest absolute Gasteiger partial charge is 0.137 e. The highest BCUT2D eigenvalue weighted by atomic mass is 35.5. The summed E-state index contributed by atoms with van der Waals surface area (Å²) in [7, 11) is 0. The van der Waals surface area contributed by atoms with E-state index < -0.39 is 11.2 Å². The summed E-state index contributed by atoms with van der Waals surface area (Å²) >= 11 is 10.7. The number of halogens is 2. The van der Waals surface area contributed by atoms with E-state index in [-0.39, 0.29) is 0 Å². The lowest BCUT2D eigenvalue weighted by Gasteiger charge is -2.07. The van der Waals surface area contributed by atoms with E-state index in [0.717, 1.165) is 11.1 Å². The molecule has 0 fully saturated rings. The Bertz CT molecular complexity index is 538. The zero-order chi connectivity index (χ0) is 13.0. The van der Waals surface area contributed by atoms with Crippen molar-refractivity contribution in [3.8, 4) is 0 Å². The molecule has 0 amide bonds. The molecule has 0 aliphatic rings. The lowest BCUT2D eigenvalue weighted by atomic mass is 10.2. The van der Waals surface area contributed by atoms with Gasteiger partial charge in [-0.05, 0) is 35.5 Å². The maximum atomic E-state index is 11.8. The highest BCUT2D eigenvalue weighted by molar-refractivity contribution is 7.93. The van der Waals surface area contributed by atoms with Crippen LogP contribution >= 0.6 is 23.2 Å². The fraction of sp³-hybridized carbons (Fsp3) is 0.0769. The van der Waals surface area contributed by atoms with Gasteiger partial charge in [0.15, 0.2) is 0 Å². The van der Waals surface area contributed by atoms with E-state index >= 15 is 0 Å². The third-order valence-corrected chi connectivity index (χ3v) is 3.89. The average molecular weight is 301 g/mol. The molecule has 0 N–H and O–H groups in total. The van der Waals surface area contributed by atoms with Gasteiger partial charge in [-0.3, -0.25) is 0 Å². The second-order valence-corrected chi connectivity index (χ2v) is 5.79. The van der Waals surface area contributed by atoms with Crippen molar-refractivity contribution in [3.05, 3.63) is 63.4 Å². The van der Waals surface area contributed by atoms with Crippen molar-refractivity contribution in [1.29, 1.82) is 0 Å². The van der Waals surface area contributed by atoms with Crippen LogP contribution in [0.5, 0.6) is 0 Å². The molecule has 0 saturated heterocycles. The van der Waals surface area contributed by atoms with Gasteiger partial charge in [0.05, 0.1) is 12.5 Å². The van der Waals surface area contributed by atoms with Crippen molar-refractivity contribution in [2.45, 2.75) is 5.75 Å². The Balaban J connectivity index is 2.00. The van der Waals surface area contributed by atoms with Crippen LogP contribution in [0, 0.1) is 0 Å². The number of furan rings is 1. The van der Waals surface area contributed by atoms with Crippen molar-refractivity contribution >= 4 is 40.5 Å². The molecule has 0 saturated carbocycles. The lowest BCUT2D eigenvalue weighted by Crippen LogP contribution is -2.00. The average Bonchev–Trinajstić information content (AvgIpc) is 2.83. The van der Waals surface area contributed by atoms with Gasteiger partial charge in [-0.15, -0.1) is 0 Å². The molecule has 1 unspecified atom stereocenters. The minimum absolute atomic E-state index is 0.365. The van der Waals surface area contributed by atoms with Crippen LogP contribution in [0.1, 0.15) is 11.1 Å². The summed E-state index contributed by atoms with van der Waals surface area (Å²) in [6.45, 7) is 0. The fourth-order valence-corrected chi connectivity index (χ4v) is 2.88. The first-order valence-electron chi connectivity index (χ1n) is 5.16. The predicted molar refractivity (Wildman–Crippen MR) is 76.1 cm³/mol. The first-order valence-corrected chi connectivity index (χ1v) is 7.30. The summed E-state index contributed by atoms with van der Waals surface area (Å²) in [6.07, 6.45) is 4.91. The number of hydrogen-bond acceptors (Lipinski definition) is 2. The first-order chi connectivity index (χ1) is 8.65. The molecule has 1 atom stereocenters. The van der Waals surface area contributed by atoms with Gasteiger partial charge in [-0.1, -0.05) is 29.3 Å². The summed E-state index contributed by atoms with van der Waals surface area (Å²) in [6, 6.07) is 6.96. The van der Waals surface area contributed by atoms with Crippen LogP contribution in [0.25, 0.3) is 6.08 Å². The van der Waals surface area contributed by atoms with E-state index in [1.165, 1.54) is 0 Å². The summed E-state index contributed by atoms with van der Waals surface area (Å²) in [5.41, 5.74) is 1.70. The van der Waals surface area contributed by atoms with Crippen molar-refractivity contribution in [2.75, 3.05) is 0 Å². The van der Waals surface area contributed by atoms with E-state index in [4.69, 9.17) is 27.6 Å². The SMILES string of the molecule is [O-][S+](C=Cc1ccoc1)Cc1ccc(Cl)cc1Cl. The van der Waals surface area contributed by atoms with E-state index in [0.29, 0.717) is 15.8 Å². The molecule has 0 aliphatic carbocycles. The molecule has 94 valence electrons. The molecule has 0 radical (unpaired) electrons. The Labute approximate surface area is 118 Å². The van der Waals surface area contributed by atoms with Gasteiger partial charge >= 0.3 is 0 Å². The van der Waals surface area contributed by atoms with E-state index in [2.05, 4.69) is 0 Å². The predicted octanol–water partition coefficient (Wildman–Crippen LogP) is 4.51. The third-order valence-electron chi connectivity index (χ3n) is 2.27. The van der Waals surface area contributed by atoms with Gasteiger partial charge in [-0.25, -0.2) is 0 Å². The van der Waals surface area contributed by atoms with Crippen LogP contribution in [0.15, 0.2) is 46.6 Å². The highest BCUT2D eigenvalue weighted by Gasteiger charge is 2.08. The molecule has 2 rings (SSSR count). The number of hydrogen-bond donors (Lipinski definition) is 0. The van der Waals surface area contributed by atoms with Gasteiger partial charge in [0.2, 0.25) is 0 Å². The maximum absolute atomic E-state index is 11.8. The topological polar surface area (TPSA) is 36.2 Å². The van der Waals surface area contributed by atoms with Gasteiger partial charge in [0.25, 0.3) is 0 Å². The quantitative estimate of drug-likeness (QED) is 0.779. The molecule has 1 aromatic heterocycles. The standard InChI is InChI=1S/C13H10Cl2O2S/c14-12-2-1-11(13(15)7-12)9-18(16)6-4-10-3-5-17-8-10/h1-8H,9H2. The van der Waals surface area contributed by atoms with Crippen molar-refractivity contribution < 1.29 is 8.97 Å². The maximum Gasteiger partial charge on any atom is 0.137 e. The van der Waals surface area contributed by atoms with Crippen LogP contribution < -0.4 is 0 Å². The fourth-order valence-electron chi connectivity index (χ4n) is 1.36. The Kier molecular flexibility index (Phi) is 4.78. The van der Waals surface area contributed by atoms with E-state index in [1.54, 1.807) is 48.3 Å². The van der Waals surface area contributed by atoms with Crippen molar-refractivity contribution in [2.24, 2.45) is 0 Å². The van der Waals surface area contributed by atoms with Crippen LogP contribution in [0.3, 0.4) is 0 Å². The molecular weight excluding hydrogens is 291 g/mol. The minimum atomic E-state index is -1.12. The highest BCUT2D eigenvalue weighted by Crippen LogP contribution is 2.23. The van der Waals surface area contributed by atoms with Crippen molar-refractivity contribution in [3.63, 3.8) is 0 Å². The summed E-state index contributed by atoms with van der Waals surface area (Å²) in [5.74, 6) is 0.365. The molecule has 1 aromatic carbocycles. The largest absolute Gasteiger partial charge is 0.612 e. The first kappa shape index (κ1) is 13.6. The molecular formula is C13H10Cl2O2S. The van der Waals surface area contributed by atoms with Crippen LogP contribution in [0.2, 0.25) is 10.0 Å². The Hall–Kier alpha value is -0.870. The summed E-state index contributed by atoms with van der Waals surface area (Å²) in [4.78, 5) is 0. The third kappa shape index (κ3) is 3.82. The monoisotopic (exact) mass is 300 g/mol. The molecule has 2 nitrogen and oxygen atoms in total. The van der Waals surface area contributed by atoms with Gasteiger partial charge in [0.1, 0.15) is 11.2 Å². The summed E-state index contributed by atoms with van der Waals surface area (Å²) < 4.78 is 16.8. The van der Waals surface area contributed by atoms with Gasteiger partial charge in [0, 0.05) is 21.2 Å². The van der Waals surface area contributed by atoms with Gasteiger partial charge < -0.3 is 8.97 Å². The lowest BCUT2D eigenvalue weighted by molar-refractivity contribution is 0.567. The zero-order valence-corrected chi connectivity index (χ0v) is 11.6. The molecule has 1 heterocycles. The Morgan fingerprint density at radius 3 is 2.78 bits per heavy atom. The van der Waals surface area contributed by atoms with Crippen LogP contribution in [-0.2, 0) is 16.9 Å². The normalized spacial score (nSPS) is 13.1. The van der Waals surface area contributed by atoms with Crippen molar-refractivity contribution in [1.82, 2.24) is 0 Å². The molecule has 18 heavy (non-hydrogen) atoms. The van der Waals surface area contributed by atoms with Crippen LogP contribution in [-0.4, -0.2) is 4.55 Å². The van der Waals surface area contributed by atoms with E-state index in [1.807, 2.05) is 0 Å².